The van der Waals surface area contributed by atoms with Crippen molar-refractivity contribution in [1.29, 1.82) is 0 Å². The lowest BCUT2D eigenvalue weighted by Crippen LogP contribution is -2.18. The van der Waals surface area contributed by atoms with E-state index in [0.29, 0.717) is 54.7 Å². The fourth-order valence-electron chi connectivity index (χ4n) is 10.5. The molecule has 0 radical (unpaired) electrons. The smallest absolute Gasteiger partial charge is 0.271 e. The molecule has 0 aliphatic carbocycles. The van der Waals surface area contributed by atoms with Gasteiger partial charge in [0.1, 0.15) is 40.2 Å². The summed E-state index contributed by atoms with van der Waals surface area (Å²) < 4.78 is 11.6. The van der Waals surface area contributed by atoms with E-state index in [1.807, 2.05) is 194 Å². The average molecular weight is 1790 g/mol. The van der Waals surface area contributed by atoms with Crippen LogP contribution in [0.1, 0.15) is 136 Å². The molecule has 123 heavy (non-hydrogen) atoms. The second kappa shape index (κ2) is 50.6. The van der Waals surface area contributed by atoms with E-state index >= 15 is 0 Å². The predicted octanol–water partition coefficient (Wildman–Crippen LogP) is 17.3. The van der Waals surface area contributed by atoms with Crippen molar-refractivity contribution in [1.82, 2.24) is 32.6 Å². The van der Waals surface area contributed by atoms with Crippen LogP contribution in [-0.2, 0) is 0 Å². The zero-order valence-electron chi connectivity index (χ0n) is 68.3. The molecule has 632 valence electrons. The fraction of sp³-hybridized carbons (Fsp3) is 0.116. The lowest BCUT2D eigenvalue weighted by atomic mass is 10.1. The Morgan fingerprint density at radius 2 is 0.667 bits per heavy atom. The number of hydrogen-bond acceptors (Lipinski definition) is 20. The third-order valence-corrected chi connectivity index (χ3v) is 18.4. The molecule has 0 atom stereocenters. The number of carbonyl (C=O) groups is 6. The van der Waals surface area contributed by atoms with Gasteiger partial charge < -0.3 is 39.9 Å². The molecule has 12 aromatic rings. The molecule has 0 fully saturated rings. The van der Waals surface area contributed by atoms with Crippen molar-refractivity contribution >= 4 is 110 Å². The van der Waals surface area contributed by atoms with E-state index in [0.717, 1.165) is 71.5 Å². The minimum Gasteiger partial charge on any atom is -0.508 e. The summed E-state index contributed by atoms with van der Waals surface area (Å²) in [6.45, 7) is 11.3. The molecule has 0 unspecified atom stereocenters. The number of rotatable bonds is 21. The molecule has 0 aliphatic rings. The lowest BCUT2D eigenvalue weighted by molar-refractivity contribution is 0.0946. The van der Waals surface area contributed by atoms with Crippen LogP contribution in [0.3, 0.4) is 0 Å². The first kappa shape index (κ1) is 96.7. The van der Waals surface area contributed by atoms with E-state index in [4.69, 9.17) is 19.7 Å². The van der Waals surface area contributed by atoms with Gasteiger partial charge in [-0.15, -0.1) is 0 Å². The molecule has 0 saturated heterocycles. The summed E-state index contributed by atoms with van der Waals surface area (Å²) in [7, 11) is 7.11. The highest BCUT2D eigenvalue weighted by molar-refractivity contribution is 9.11. The number of amides is 6. The maximum atomic E-state index is 12.0. The van der Waals surface area contributed by atoms with Crippen LogP contribution in [0.5, 0.6) is 40.2 Å². The first-order valence-electron chi connectivity index (χ1n) is 37.2. The predicted molar refractivity (Wildman–Crippen MR) is 494 cm³/mol. The van der Waals surface area contributed by atoms with Gasteiger partial charge in [0, 0.05) is 76.4 Å². The number of ether oxygens (including phenoxy) is 2. The Labute approximate surface area is 731 Å². The minimum absolute atomic E-state index is 0. The van der Waals surface area contributed by atoms with Crippen molar-refractivity contribution < 1.29 is 63.8 Å². The largest absolute Gasteiger partial charge is 0.508 e. The van der Waals surface area contributed by atoms with Gasteiger partial charge >= 0.3 is 0 Å². The highest BCUT2D eigenvalue weighted by Gasteiger charge is 2.13. The van der Waals surface area contributed by atoms with E-state index in [-0.39, 0.29) is 71.6 Å². The van der Waals surface area contributed by atoms with E-state index in [1.54, 1.807) is 129 Å². The molecule has 12 aromatic carbocycles. The molecule has 0 aromatic heterocycles. The van der Waals surface area contributed by atoms with Gasteiger partial charge in [-0.3, -0.25) is 28.8 Å². The fourth-order valence-corrected chi connectivity index (χ4v) is 11.4. The molecular weight excluding hydrogens is 1690 g/mol. The van der Waals surface area contributed by atoms with E-state index in [2.05, 4.69) is 95.0 Å². The quantitative estimate of drug-likeness (QED) is 0.0235. The number of anilines is 1. The molecule has 0 aliphatic heterocycles. The number of hydrazone groups is 6. The number of halogens is 2. The van der Waals surface area contributed by atoms with Crippen LogP contribution in [0.15, 0.2) is 306 Å². The zero-order chi connectivity index (χ0) is 88.5. The minimum atomic E-state index is -0.322. The molecule has 0 bridgehead atoms. The van der Waals surface area contributed by atoms with Gasteiger partial charge in [0.05, 0.1) is 60.5 Å². The first-order valence-corrected chi connectivity index (χ1v) is 38.8. The van der Waals surface area contributed by atoms with Crippen molar-refractivity contribution in [2.24, 2.45) is 30.6 Å². The summed E-state index contributed by atoms with van der Waals surface area (Å²) >= 11 is 6.61. The van der Waals surface area contributed by atoms with Crippen molar-refractivity contribution in [2.75, 3.05) is 33.2 Å². The lowest BCUT2D eigenvalue weighted by Gasteiger charge is -2.11. The molecule has 11 N–H and O–H groups in total. The summed E-state index contributed by atoms with van der Waals surface area (Å²) in [6, 6.07) is 77.7. The first-order chi connectivity index (χ1) is 58.6. The van der Waals surface area contributed by atoms with Crippen molar-refractivity contribution in [2.45, 2.75) is 49.0 Å². The number of benzene rings is 12. The van der Waals surface area contributed by atoms with Gasteiger partial charge in [0.15, 0.2) is 0 Å². The van der Waals surface area contributed by atoms with Crippen molar-refractivity contribution in [3.8, 4) is 40.2 Å². The maximum absolute atomic E-state index is 12.0. The third-order valence-electron chi connectivity index (χ3n) is 17.2. The Bertz CT molecular complexity index is 5760. The van der Waals surface area contributed by atoms with Gasteiger partial charge in [-0.2, -0.15) is 30.6 Å². The molecule has 26 nitrogen and oxygen atoms in total. The number of phenolic OH excluding ortho intramolecular Hbond substituents is 5. The van der Waals surface area contributed by atoms with E-state index in [9.17, 15) is 44.1 Å². The van der Waals surface area contributed by atoms with Crippen LogP contribution in [-0.4, -0.2) is 127 Å². The van der Waals surface area contributed by atoms with Gasteiger partial charge in [-0.1, -0.05) is 128 Å². The molecule has 0 saturated carbocycles. The monoisotopic (exact) mass is 1780 g/mol. The number of nitrogens with zero attached hydrogens (tertiary/aromatic N) is 7. The second-order valence-corrected chi connectivity index (χ2v) is 28.2. The Hall–Kier alpha value is -15.2. The van der Waals surface area contributed by atoms with Crippen LogP contribution >= 0.6 is 31.9 Å². The number of aryl methyl sites for hydroxylation is 6. The van der Waals surface area contributed by atoms with Gasteiger partial charge in [0.2, 0.25) is 0 Å². The number of methoxy groups -OCH3 is 2. The standard InChI is InChI=1S/C17H19N3O.C16H15BrN2O2.C16H16N2O3.C15H13BrN2O2.C15H14N2O3.C15H14N2O2.CH4/c1-13-6-4-5-7-16(13)17(21)19-18-12-14-8-10-15(11-9-14)20(2)3;1-11-5-3-4-6-13(11)16(20)19-18-10-12-7-8-15(21-2)14(17)9-12;1-11-5-3-4-6-14(11)16(20)18-17-10-12-7-8-13(21-2)9-15(12)19;1-10-3-2-4-12(7-10)15(20)18-17-9-11-5-6-14(19)13(16)8-11;1-10-4-2-3-5-13(10)15(20)17-16-9-11-6-7-12(18)8-14(11)19;1-11-4-2-3-5-14(11)15(19)17-16-10-12-6-8-13(18)9-7-12;/h4-12H,1-3H3,(H,19,21);3-10H,1-2H3,(H,19,20);3-10,19H,1-2H3,(H,18,20);2-9,19H,1H3,(H,18,20);2-9,18-19H,1H3,(H,17,20);2-10,18H,1H3,(H,17,19);1H4/b18-12+;18-10+;17-10+;17-9+;16-9+;16-10+;. The van der Waals surface area contributed by atoms with Crippen LogP contribution < -0.4 is 46.9 Å². The Balaban J connectivity index is 0.000000228. The summed E-state index contributed by atoms with van der Waals surface area (Å²) in [5, 5.41) is 70.4. The molecule has 12 rings (SSSR count). The van der Waals surface area contributed by atoms with Gasteiger partial charge in [-0.05, 0) is 263 Å². The number of phenols is 5. The van der Waals surface area contributed by atoms with Gasteiger partial charge in [0.25, 0.3) is 35.4 Å². The Kier molecular flexibility index (Phi) is 39.7. The van der Waals surface area contributed by atoms with Crippen molar-refractivity contribution in [3.05, 3.63) is 376 Å². The molecule has 28 heteroatoms. The Morgan fingerprint density at radius 3 is 1.02 bits per heavy atom. The molecule has 0 spiro atoms. The van der Waals surface area contributed by atoms with Crippen LogP contribution in [0.2, 0.25) is 0 Å². The number of nitrogens with one attached hydrogen (secondary N) is 6. The normalized spacial score (nSPS) is 10.5. The van der Waals surface area contributed by atoms with Crippen LogP contribution in [0.4, 0.5) is 5.69 Å². The van der Waals surface area contributed by atoms with E-state index in [1.165, 1.54) is 56.2 Å². The summed E-state index contributed by atoms with van der Waals surface area (Å²) in [4.78, 5) is 73.4. The highest BCUT2D eigenvalue weighted by atomic mass is 79.9. The van der Waals surface area contributed by atoms with Crippen LogP contribution in [0.25, 0.3) is 0 Å². The average Bonchev–Trinajstić information content (AvgIpc) is 0.896. The Morgan fingerprint density at radius 1 is 0.325 bits per heavy atom. The maximum Gasteiger partial charge on any atom is 0.271 e. The van der Waals surface area contributed by atoms with E-state index < -0.39 is 0 Å². The SMILES string of the molecule is C.COc1ccc(/C=N/NC(=O)c2ccccc2C)c(O)c1.COc1ccc(/C=N/NC(=O)c2ccccc2C)cc1Br.Cc1cccc(C(=O)N/N=C/c2ccc(O)c(Br)c2)c1.Cc1ccccc1C(=O)N/N=C/c1ccc(N(C)C)cc1.Cc1ccccc1C(=O)N/N=C/c1ccc(O)cc1.Cc1ccccc1C(=O)N/N=C/c1ccc(O)cc1O. The molecule has 6 amide bonds. The van der Waals surface area contributed by atoms with Gasteiger partial charge in [-0.25, -0.2) is 32.6 Å². The van der Waals surface area contributed by atoms with Crippen LogP contribution in [0, 0.1) is 41.5 Å². The number of hydrogen-bond donors (Lipinski definition) is 11. The topological polar surface area (TPSA) is 372 Å². The van der Waals surface area contributed by atoms with Crippen molar-refractivity contribution in [3.63, 3.8) is 0 Å². The highest BCUT2D eigenvalue weighted by Crippen LogP contribution is 2.27. The zero-order valence-corrected chi connectivity index (χ0v) is 71.4. The summed E-state index contributed by atoms with van der Waals surface area (Å²) in [5.41, 5.74) is 29.2. The number of carbonyl (C=O) groups excluding carboxylic acids is 6. The molecular formula is C95H95Br2N13O13. The number of aromatic hydroxyl groups is 5. The summed E-state index contributed by atoms with van der Waals surface area (Å²) in [5.74, 6) is -0.0143. The summed E-state index contributed by atoms with van der Waals surface area (Å²) in [6.07, 6.45) is 8.94. The second-order valence-electron chi connectivity index (χ2n) is 26.5. The third kappa shape index (κ3) is 32.6. The molecule has 0 heterocycles.